The maximum atomic E-state index is 9.66. The molecule has 0 heterocycles. The summed E-state index contributed by atoms with van der Waals surface area (Å²) >= 11 is 0. The molecule has 0 radical (unpaired) electrons. The lowest BCUT2D eigenvalue weighted by Gasteiger charge is -2.35. The van der Waals surface area contributed by atoms with Crippen molar-refractivity contribution < 1.29 is 10.2 Å². The molecule has 0 fully saturated rings. The molecule has 3 atom stereocenters. The van der Waals surface area contributed by atoms with Crippen LogP contribution in [-0.2, 0) is 0 Å². The Kier molecular flexibility index (Phi) is 12.3. The summed E-state index contributed by atoms with van der Waals surface area (Å²) in [4.78, 5) is 4.75. The standard InChI is InChI=1S/C17H38N2O2/c1-6-8-10-18(11-9-7-2)12-15(3)19(13-16(4)20)14-17(5)21/h15-17,20-21H,6-14H2,1-5H3. The van der Waals surface area contributed by atoms with Crippen LogP contribution in [0, 0.1) is 0 Å². The van der Waals surface area contributed by atoms with Gasteiger partial charge in [-0.2, -0.15) is 0 Å². The van der Waals surface area contributed by atoms with Crippen molar-refractivity contribution in [2.24, 2.45) is 0 Å². The van der Waals surface area contributed by atoms with E-state index in [0.717, 1.165) is 19.6 Å². The fourth-order valence-electron chi connectivity index (χ4n) is 2.66. The zero-order valence-electron chi connectivity index (χ0n) is 14.9. The summed E-state index contributed by atoms with van der Waals surface area (Å²) < 4.78 is 0. The summed E-state index contributed by atoms with van der Waals surface area (Å²) in [6.45, 7) is 14.9. The van der Waals surface area contributed by atoms with E-state index in [2.05, 4.69) is 30.6 Å². The van der Waals surface area contributed by atoms with Crippen LogP contribution < -0.4 is 0 Å². The first-order valence-electron chi connectivity index (χ1n) is 8.73. The van der Waals surface area contributed by atoms with Crippen molar-refractivity contribution in [3.63, 3.8) is 0 Å². The van der Waals surface area contributed by atoms with E-state index < -0.39 is 0 Å². The molecule has 0 rings (SSSR count). The predicted molar refractivity (Wildman–Crippen MR) is 90.7 cm³/mol. The topological polar surface area (TPSA) is 46.9 Å². The Morgan fingerprint density at radius 3 is 1.52 bits per heavy atom. The van der Waals surface area contributed by atoms with Crippen LogP contribution in [0.2, 0.25) is 0 Å². The quantitative estimate of drug-likeness (QED) is 0.548. The number of aliphatic hydroxyl groups is 2. The molecule has 3 unspecified atom stereocenters. The van der Waals surface area contributed by atoms with Crippen molar-refractivity contribution in [3.05, 3.63) is 0 Å². The van der Waals surface area contributed by atoms with Crippen LogP contribution in [0.4, 0.5) is 0 Å². The highest BCUT2D eigenvalue weighted by Crippen LogP contribution is 2.08. The second-order valence-electron chi connectivity index (χ2n) is 6.51. The van der Waals surface area contributed by atoms with Crippen molar-refractivity contribution in [1.82, 2.24) is 9.80 Å². The van der Waals surface area contributed by atoms with Crippen LogP contribution in [0.15, 0.2) is 0 Å². The predicted octanol–water partition coefficient (Wildman–Crippen LogP) is 2.34. The second kappa shape index (κ2) is 12.4. The number of hydrogen-bond donors (Lipinski definition) is 2. The number of aliphatic hydroxyl groups excluding tert-OH is 2. The molecule has 0 amide bonds. The summed E-state index contributed by atoms with van der Waals surface area (Å²) in [6, 6.07) is 0.350. The Morgan fingerprint density at radius 2 is 1.19 bits per heavy atom. The third-order valence-electron chi connectivity index (χ3n) is 3.80. The average Bonchev–Trinajstić information content (AvgIpc) is 2.39. The zero-order chi connectivity index (χ0) is 16.3. The molecule has 0 saturated heterocycles. The smallest absolute Gasteiger partial charge is 0.0639 e. The molecule has 4 nitrogen and oxygen atoms in total. The summed E-state index contributed by atoms with van der Waals surface area (Å²) in [5.41, 5.74) is 0. The van der Waals surface area contributed by atoms with Crippen LogP contribution in [0.1, 0.15) is 60.3 Å². The van der Waals surface area contributed by atoms with Crippen LogP contribution in [0.25, 0.3) is 0 Å². The SMILES string of the molecule is CCCCN(CCCC)CC(C)N(CC(C)O)CC(C)O. The Labute approximate surface area is 132 Å². The van der Waals surface area contributed by atoms with E-state index in [1.165, 1.54) is 25.7 Å². The Balaban J connectivity index is 4.50. The summed E-state index contributed by atoms with van der Waals surface area (Å²) in [5.74, 6) is 0. The number of nitrogens with zero attached hydrogens (tertiary/aromatic N) is 2. The summed E-state index contributed by atoms with van der Waals surface area (Å²) in [5, 5.41) is 19.3. The lowest BCUT2D eigenvalue weighted by atomic mass is 10.2. The molecule has 0 aromatic heterocycles. The zero-order valence-corrected chi connectivity index (χ0v) is 14.9. The van der Waals surface area contributed by atoms with Gasteiger partial charge in [0.25, 0.3) is 0 Å². The molecule has 0 aromatic carbocycles. The molecule has 0 saturated carbocycles. The molecule has 0 aliphatic rings. The third-order valence-corrected chi connectivity index (χ3v) is 3.80. The highest BCUT2D eigenvalue weighted by atomic mass is 16.3. The van der Waals surface area contributed by atoms with E-state index in [9.17, 15) is 10.2 Å². The van der Waals surface area contributed by atoms with Gasteiger partial charge in [-0.25, -0.2) is 0 Å². The highest BCUT2D eigenvalue weighted by molar-refractivity contribution is 4.75. The normalized spacial score (nSPS) is 16.4. The van der Waals surface area contributed by atoms with Crippen molar-refractivity contribution in [2.45, 2.75) is 78.6 Å². The summed E-state index contributed by atoms with van der Waals surface area (Å²) in [6.07, 6.45) is 4.22. The van der Waals surface area contributed by atoms with Crippen LogP contribution in [-0.4, -0.2) is 71.0 Å². The van der Waals surface area contributed by atoms with Gasteiger partial charge in [0, 0.05) is 25.7 Å². The molecule has 0 bridgehead atoms. The van der Waals surface area contributed by atoms with Crippen molar-refractivity contribution in [3.8, 4) is 0 Å². The molecular formula is C17H38N2O2. The highest BCUT2D eigenvalue weighted by Gasteiger charge is 2.19. The molecule has 0 aliphatic heterocycles. The van der Waals surface area contributed by atoms with Gasteiger partial charge >= 0.3 is 0 Å². The van der Waals surface area contributed by atoms with Crippen LogP contribution in [0.5, 0.6) is 0 Å². The van der Waals surface area contributed by atoms with Gasteiger partial charge in [0.05, 0.1) is 12.2 Å². The lowest BCUT2D eigenvalue weighted by Crippen LogP contribution is -2.47. The molecule has 4 heteroatoms. The van der Waals surface area contributed by atoms with Gasteiger partial charge in [-0.1, -0.05) is 26.7 Å². The minimum Gasteiger partial charge on any atom is -0.392 e. The van der Waals surface area contributed by atoms with Gasteiger partial charge in [-0.3, -0.25) is 4.90 Å². The van der Waals surface area contributed by atoms with E-state index in [0.29, 0.717) is 19.1 Å². The van der Waals surface area contributed by atoms with Gasteiger partial charge in [-0.15, -0.1) is 0 Å². The average molecular weight is 303 g/mol. The molecule has 128 valence electrons. The largest absolute Gasteiger partial charge is 0.392 e. The molecule has 0 spiro atoms. The van der Waals surface area contributed by atoms with E-state index in [1.807, 2.05) is 13.8 Å². The van der Waals surface area contributed by atoms with Gasteiger partial charge in [0.1, 0.15) is 0 Å². The first-order chi connectivity index (χ1) is 9.90. The lowest BCUT2D eigenvalue weighted by molar-refractivity contribution is 0.0489. The monoisotopic (exact) mass is 302 g/mol. The number of unbranched alkanes of at least 4 members (excludes halogenated alkanes) is 2. The maximum absolute atomic E-state index is 9.66. The fourth-order valence-corrected chi connectivity index (χ4v) is 2.66. The van der Waals surface area contributed by atoms with E-state index in [-0.39, 0.29) is 12.2 Å². The summed E-state index contributed by atoms with van der Waals surface area (Å²) in [7, 11) is 0. The Hall–Kier alpha value is -0.160. The number of rotatable bonds is 13. The van der Waals surface area contributed by atoms with Gasteiger partial charge in [-0.05, 0) is 46.7 Å². The van der Waals surface area contributed by atoms with Crippen molar-refractivity contribution in [1.29, 1.82) is 0 Å². The minimum absolute atomic E-state index is 0.350. The molecule has 21 heavy (non-hydrogen) atoms. The van der Waals surface area contributed by atoms with Gasteiger partial charge in [0.2, 0.25) is 0 Å². The second-order valence-corrected chi connectivity index (χ2v) is 6.51. The van der Waals surface area contributed by atoms with E-state index >= 15 is 0 Å². The van der Waals surface area contributed by atoms with Gasteiger partial charge in [0.15, 0.2) is 0 Å². The van der Waals surface area contributed by atoms with Crippen LogP contribution >= 0.6 is 0 Å². The molecule has 0 aliphatic carbocycles. The third kappa shape index (κ3) is 11.1. The Morgan fingerprint density at radius 1 is 0.762 bits per heavy atom. The van der Waals surface area contributed by atoms with Crippen molar-refractivity contribution in [2.75, 3.05) is 32.7 Å². The Bertz CT molecular complexity index is 217. The molecule has 2 N–H and O–H groups in total. The number of hydrogen-bond acceptors (Lipinski definition) is 4. The molecule has 0 aromatic rings. The molecular weight excluding hydrogens is 264 g/mol. The van der Waals surface area contributed by atoms with Crippen molar-refractivity contribution >= 4 is 0 Å². The van der Waals surface area contributed by atoms with E-state index in [4.69, 9.17) is 0 Å². The van der Waals surface area contributed by atoms with E-state index in [1.54, 1.807) is 0 Å². The van der Waals surface area contributed by atoms with Crippen LogP contribution in [0.3, 0.4) is 0 Å². The first kappa shape index (κ1) is 20.8. The fraction of sp³-hybridized carbons (Fsp3) is 1.00. The first-order valence-corrected chi connectivity index (χ1v) is 8.73. The minimum atomic E-state index is -0.356. The van der Waals surface area contributed by atoms with Gasteiger partial charge < -0.3 is 15.1 Å². The maximum Gasteiger partial charge on any atom is 0.0639 e.